The third kappa shape index (κ3) is 2.70. The van der Waals surface area contributed by atoms with E-state index >= 15 is 0 Å². The van der Waals surface area contributed by atoms with Gasteiger partial charge < -0.3 is 4.57 Å². The van der Waals surface area contributed by atoms with Gasteiger partial charge in [-0.25, -0.2) is 9.97 Å². The van der Waals surface area contributed by atoms with Crippen LogP contribution in [0.1, 0.15) is 47.9 Å². The van der Waals surface area contributed by atoms with Gasteiger partial charge >= 0.3 is 0 Å². The second-order valence-corrected chi connectivity index (χ2v) is 8.09. The van der Waals surface area contributed by atoms with E-state index in [2.05, 4.69) is 50.1 Å². The average molecular weight is 383 g/mol. The number of nitrogens with zero attached hydrogens (tertiary/aromatic N) is 5. The minimum atomic E-state index is -0.0924. The highest BCUT2D eigenvalue weighted by Crippen LogP contribution is 2.40. The van der Waals surface area contributed by atoms with Crippen LogP contribution < -0.4 is 5.56 Å². The van der Waals surface area contributed by atoms with E-state index in [-0.39, 0.29) is 5.56 Å². The predicted molar refractivity (Wildman–Crippen MR) is 110 cm³/mol. The number of rotatable bonds is 3. The molecule has 0 N–H and O–H groups in total. The van der Waals surface area contributed by atoms with Gasteiger partial charge in [0.25, 0.3) is 11.5 Å². The van der Waals surface area contributed by atoms with Crippen LogP contribution in [-0.4, -0.2) is 24.3 Å². The zero-order valence-corrected chi connectivity index (χ0v) is 16.0. The van der Waals surface area contributed by atoms with Crippen LogP contribution in [0, 0.1) is 0 Å². The fourth-order valence-corrected chi connectivity index (χ4v) is 4.70. The summed E-state index contributed by atoms with van der Waals surface area (Å²) in [6.45, 7) is 0. The Bertz CT molecular complexity index is 1270. The molecule has 0 bridgehead atoms. The van der Waals surface area contributed by atoms with Crippen LogP contribution in [-0.2, 0) is 12.8 Å². The van der Waals surface area contributed by atoms with Crippen LogP contribution in [0.15, 0.2) is 59.9 Å². The highest BCUT2D eigenvalue weighted by molar-refractivity contribution is 5.84. The van der Waals surface area contributed by atoms with Crippen molar-refractivity contribution in [3.63, 3.8) is 0 Å². The molecular weight excluding hydrogens is 362 g/mol. The summed E-state index contributed by atoms with van der Waals surface area (Å²) in [6.07, 6.45) is 12.5. The van der Waals surface area contributed by atoms with Gasteiger partial charge in [-0.15, -0.1) is 0 Å². The molecule has 144 valence electrons. The van der Waals surface area contributed by atoms with Gasteiger partial charge in [-0.05, 0) is 67.3 Å². The fraction of sp³-hybridized carbons (Fsp3) is 0.304. The molecule has 4 aromatic rings. The molecule has 6 heteroatoms. The molecule has 0 amide bonds. The van der Waals surface area contributed by atoms with Gasteiger partial charge in [0.2, 0.25) is 0 Å². The molecule has 3 aromatic heterocycles. The van der Waals surface area contributed by atoms with Crippen LogP contribution in [0.2, 0.25) is 0 Å². The maximum Gasteiger partial charge on any atom is 0.277 e. The van der Waals surface area contributed by atoms with Gasteiger partial charge in [0, 0.05) is 41.1 Å². The van der Waals surface area contributed by atoms with Crippen molar-refractivity contribution in [1.29, 1.82) is 0 Å². The topological polar surface area (TPSA) is 65.6 Å². The van der Waals surface area contributed by atoms with Crippen molar-refractivity contribution in [3.8, 4) is 5.95 Å². The minimum Gasteiger partial charge on any atom is -0.344 e. The molecule has 29 heavy (non-hydrogen) atoms. The van der Waals surface area contributed by atoms with Crippen molar-refractivity contribution in [2.75, 3.05) is 0 Å². The van der Waals surface area contributed by atoms with Gasteiger partial charge in [-0.1, -0.05) is 12.1 Å². The van der Waals surface area contributed by atoms with E-state index in [4.69, 9.17) is 0 Å². The molecule has 2 aliphatic carbocycles. The van der Waals surface area contributed by atoms with E-state index < -0.39 is 0 Å². The Hall–Kier alpha value is -3.28. The van der Waals surface area contributed by atoms with Crippen molar-refractivity contribution in [2.24, 2.45) is 0 Å². The molecule has 2 aliphatic rings. The maximum atomic E-state index is 13.0. The van der Waals surface area contributed by atoms with Crippen LogP contribution in [0.4, 0.5) is 0 Å². The lowest BCUT2D eigenvalue weighted by Gasteiger charge is -2.25. The largest absolute Gasteiger partial charge is 0.344 e. The number of aromatic nitrogens is 5. The summed E-state index contributed by atoms with van der Waals surface area (Å²) < 4.78 is 3.74. The number of hydrogen-bond donors (Lipinski definition) is 0. The van der Waals surface area contributed by atoms with E-state index in [1.165, 1.54) is 34.0 Å². The fourth-order valence-electron chi connectivity index (χ4n) is 4.70. The van der Waals surface area contributed by atoms with Gasteiger partial charge in [-0.3, -0.25) is 4.79 Å². The second kappa shape index (κ2) is 6.37. The van der Waals surface area contributed by atoms with E-state index in [9.17, 15) is 4.79 Å². The molecule has 0 unspecified atom stereocenters. The Balaban J connectivity index is 1.37. The monoisotopic (exact) mass is 383 g/mol. The number of hydrogen-bond acceptors (Lipinski definition) is 4. The lowest BCUT2D eigenvalue weighted by molar-refractivity contribution is 0.568. The zero-order valence-electron chi connectivity index (χ0n) is 16.0. The van der Waals surface area contributed by atoms with E-state index in [1.807, 2.05) is 6.20 Å². The first-order valence-corrected chi connectivity index (χ1v) is 10.3. The number of benzene rings is 1. The van der Waals surface area contributed by atoms with Crippen molar-refractivity contribution in [2.45, 2.75) is 44.1 Å². The average Bonchev–Trinajstić information content (AvgIpc) is 3.52. The molecule has 6 nitrogen and oxygen atoms in total. The summed E-state index contributed by atoms with van der Waals surface area (Å²) in [5, 5.41) is 5.72. The van der Waals surface area contributed by atoms with E-state index in [1.54, 1.807) is 18.5 Å². The molecule has 0 radical (unpaired) electrons. The normalized spacial score (nSPS) is 18.7. The van der Waals surface area contributed by atoms with Crippen molar-refractivity contribution in [3.05, 3.63) is 82.2 Å². The third-order valence-corrected chi connectivity index (χ3v) is 6.29. The van der Waals surface area contributed by atoms with Crippen LogP contribution in [0.25, 0.3) is 16.9 Å². The summed E-state index contributed by atoms with van der Waals surface area (Å²) in [5.41, 5.74) is 4.54. The first kappa shape index (κ1) is 16.7. The highest BCUT2D eigenvalue weighted by atomic mass is 16.1. The lowest BCUT2D eigenvalue weighted by atomic mass is 9.80. The summed E-state index contributed by atoms with van der Waals surface area (Å²) in [7, 11) is 0. The molecule has 1 fully saturated rings. The van der Waals surface area contributed by atoms with Crippen molar-refractivity contribution >= 4 is 10.9 Å². The quantitative estimate of drug-likeness (QED) is 0.542. The van der Waals surface area contributed by atoms with Crippen LogP contribution >= 0.6 is 0 Å². The first-order valence-electron chi connectivity index (χ1n) is 10.3. The molecule has 3 heterocycles. The summed E-state index contributed by atoms with van der Waals surface area (Å²) in [5.74, 6) is 0.736. The van der Waals surface area contributed by atoms with Gasteiger partial charge in [0.15, 0.2) is 0 Å². The van der Waals surface area contributed by atoms with Crippen molar-refractivity contribution < 1.29 is 0 Å². The highest BCUT2D eigenvalue weighted by Gasteiger charge is 2.28. The summed E-state index contributed by atoms with van der Waals surface area (Å²) >= 11 is 0. The molecule has 0 aliphatic heterocycles. The zero-order chi connectivity index (χ0) is 19.4. The second-order valence-electron chi connectivity index (χ2n) is 8.09. The summed E-state index contributed by atoms with van der Waals surface area (Å²) in [4.78, 5) is 21.3. The molecule has 1 saturated carbocycles. The predicted octanol–water partition coefficient (Wildman–Crippen LogP) is 3.58. The van der Waals surface area contributed by atoms with Crippen LogP contribution in [0.5, 0.6) is 0 Å². The van der Waals surface area contributed by atoms with Gasteiger partial charge in [0.05, 0.1) is 6.20 Å². The molecule has 6 rings (SSSR count). The standard InChI is InChI=1S/C23H21N5O/c29-22-19-8-5-15(13-16(19)14-26-28(22)23-24-10-2-11-25-23)18-3-1-4-21-20(18)9-12-27(21)17-6-7-17/h1-4,9-12,14-15,17H,5-8,13H2/t15-/m0/s1. The lowest BCUT2D eigenvalue weighted by Crippen LogP contribution is -2.30. The molecule has 1 atom stereocenters. The van der Waals surface area contributed by atoms with Gasteiger partial charge in [-0.2, -0.15) is 9.78 Å². The molecule has 0 spiro atoms. The molecular formula is C23H21N5O. The first-order chi connectivity index (χ1) is 14.3. The third-order valence-electron chi connectivity index (χ3n) is 6.29. The maximum absolute atomic E-state index is 13.0. The van der Waals surface area contributed by atoms with E-state index in [0.717, 1.165) is 30.4 Å². The Labute approximate surface area is 167 Å². The smallest absolute Gasteiger partial charge is 0.277 e. The Morgan fingerprint density at radius 3 is 2.69 bits per heavy atom. The molecule has 1 aromatic carbocycles. The Kier molecular flexibility index (Phi) is 3.66. The van der Waals surface area contributed by atoms with E-state index in [0.29, 0.717) is 17.9 Å². The molecule has 0 saturated heterocycles. The Morgan fingerprint density at radius 2 is 1.86 bits per heavy atom. The SMILES string of the molecule is O=c1c2c(cnn1-c1ncccn1)C[C@@H](c1cccc3c1ccn3C1CC1)CC2. The minimum absolute atomic E-state index is 0.0924. The summed E-state index contributed by atoms with van der Waals surface area (Å²) in [6, 6.07) is 11.3. The van der Waals surface area contributed by atoms with Gasteiger partial charge in [0.1, 0.15) is 0 Å². The Morgan fingerprint density at radius 1 is 1.00 bits per heavy atom. The van der Waals surface area contributed by atoms with Crippen LogP contribution in [0.3, 0.4) is 0 Å². The number of fused-ring (bicyclic) bond motifs is 2. The van der Waals surface area contributed by atoms with Crippen molar-refractivity contribution in [1.82, 2.24) is 24.3 Å².